The van der Waals surface area contributed by atoms with Crippen LogP contribution in [0.15, 0.2) is 30.3 Å². The van der Waals surface area contributed by atoms with Crippen molar-refractivity contribution in [2.75, 3.05) is 0 Å². The van der Waals surface area contributed by atoms with Crippen LogP contribution >= 0.6 is 0 Å². The summed E-state index contributed by atoms with van der Waals surface area (Å²) in [5.74, 6) is -1.53. The summed E-state index contributed by atoms with van der Waals surface area (Å²) in [6, 6.07) is 8.72. The van der Waals surface area contributed by atoms with Crippen molar-refractivity contribution in [2.45, 2.75) is 6.92 Å². The van der Waals surface area contributed by atoms with Crippen LogP contribution in [0.5, 0.6) is 0 Å². The van der Waals surface area contributed by atoms with E-state index >= 15 is 0 Å². The molecule has 1 amide bonds. The van der Waals surface area contributed by atoms with Crippen molar-refractivity contribution in [3.8, 4) is 5.69 Å². The average molecular weight is 219 g/mol. The highest BCUT2D eigenvalue weighted by Crippen LogP contribution is 2.16. The van der Waals surface area contributed by atoms with E-state index in [2.05, 4.69) is 5.10 Å². The summed E-state index contributed by atoms with van der Waals surface area (Å²) in [6.07, 6.45) is 0. The molecule has 2 rings (SSSR count). The van der Waals surface area contributed by atoms with Gasteiger partial charge in [0.25, 0.3) is 5.91 Å². The van der Waals surface area contributed by atoms with Gasteiger partial charge in [-0.3, -0.25) is 4.79 Å². The third kappa shape index (κ3) is 1.56. The topological polar surface area (TPSA) is 60.9 Å². The number of para-hydroxylation sites is 1. The Bertz CT molecular complexity index is 534. The lowest BCUT2D eigenvalue weighted by molar-refractivity contribution is 0.0995. The number of aryl methyl sites for hydroxylation is 1. The summed E-state index contributed by atoms with van der Waals surface area (Å²) >= 11 is 0. The largest absolute Gasteiger partial charge is 0.365 e. The molecule has 16 heavy (non-hydrogen) atoms. The van der Waals surface area contributed by atoms with Crippen LogP contribution in [-0.4, -0.2) is 15.7 Å². The van der Waals surface area contributed by atoms with Gasteiger partial charge in [0.1, 0.15) is 5.56 Å². The van der Waals surface area contributed by atoms with Gasteiger partial charge < -0.3 is 5.73 Å². The Balaban J connectivity index is 2.61. The average Bonchev–Trinajstić information content (AvgIpc) is 2.55. The minimum Gasteiger partial charge on any atom is -0.365 e. The molecule has 0 spiro atoms. The number of rotatable bonds is 2. The van der Waals surface area contributed by atoms with E-state index in [9.17, 15) is 9.18 Å². The molecule has 0 radical (unpaired) electrons. The highest BCUT2D eigenvalue weighted by Gasteiger charge is 2.20. The molecule has 0 saturated heterocycles. The minimum atomic E-state index is -0.808. The summed E-state index contributed by atoms with van der Waals surface area (Å²) in [5.41, 5.74) is 5.75. The van der Waals surface area contributed by atoms with Gasteiger partial charge in [0.2, 0.25) is 5.95 Å². The molecule has 0 aliphatic rings. The first-order valence-electron chi connectivity index (χ1n) is 4.71. The number of aromatic nitrogens is 2. The number of halogens is 1. The molecule has 2 N–H and O–H groups in total. The van der Waals surface area contributed by atoms with Crippen molar-refractivity contribution in [3.63, 3.8) is 0 Å². The Morgan fingerprint density at radius 2 is 2.00 bits per heavy atom. The zero-order valence-corrected chi connectivity index (χ0v) is 8.64. The fourth-order valence-corrected chi connectivity index (χ4v) is 1.52. The van der Waals surface area contributed by atoms with Crippen molar-refractivity contribution < 1.29 is 9.18 Å². The van der Waals surface area contributed by atoms with Gasteiger partial charge in [-0.1, -0.05) is 18.2 Å². The van der Waals surface area contributed by atoms with Crippen LogP contribution in [-0.2, 0) is 0 Å². The van der Waals surface area contributed by atoms with E-state index in [1.165, 1.54) is 0 Å². The van der Waals surface area contributed by atoms with Crippen LogP contribution < -0.4 is 5.73 Å². The van der Waals surface area contributed by atoms with Crippen LogP contribution in [0.2, 0.25) is 0 Å². The molecule has 1 aromatic carbocycles. The highest BCUT2D eigenvalue weighted by molar-refractivity contribution is 5.94. The lowest BCUT2D eigenvalue weighted by atomic mass is 10.2. The number of amides is 1. The normalized spacial score (nSPS) is 10.4. The molecule has 0 saturated carbocycles. The zero-order chi connectivity index (χ0) is 11.7. The first-order valence-corrected chi connectivity index (χ1v) is 4.71. The second-order valence-corrected chi connectivity index (χ2v) is 3.36. The van der Waals surface area contributed by atoms with Gasteiger partial charge in [-0.25, -0.2) is 4.68 Å². The number of nitrogens with zero attached hydrogens (tertiary/aromatic N) is 2. The summed E-state index contributed by atoms with van der Waals surface area (Å²) < 4.78 is 14.9. The van der Waals surface area contributed by atoms with Gasteiger partial charge in [-0.05, 0) is 19.1 Å². The lowest BCUT2D eigenvalue weighted by Crippen LogP contribution is -2.13. The van der Waals surface area contributed by atoms with Crippen molar-refractivity contribution in [1.29, 1.82) is 0 Å². The Labute approximate surface area is 91.5 Å². The molecule has 5 heteroatoms. The standard InChI is InChI=1S/C11H10FN3O/c1-7-9(11(13)16)10(12)15(14-7)8-5-3-2-4-6-8/h2-6H,1H3,(H2,13,16). The molecule has 4 nitrogen and oxygen atoms in total. The monoisotopic (exact) mass is 219 g/mol. The number of benzene rings is 1. The van der Waals surface area contributed by atoms with E-state index < -0.39 is 11.9 Å². The number of nitrogens with two attached hydrogens (primary N) is 1. The lowest BCUT2D eigenvalue weighted by Gasteiger charge is -2.00. The predicted octanol–water partition coefficient (Wildman–Crippen LogP) is 1.42. The van der Waals surface area contributed by atoms with E-state index in [-0.39, 0.29) is 11.3 Å². The van der Waals surface area contributed by atoms with E-state index in [1.54, 1.807) is 31.2 Å². The summed E-state index contributed by atoms with van der Waals surface area (Å²) in [6.45, 7) is 1.54. The van der Waals surface area contributed by atoms with Crippen molar-refractivity contribution >= 4 is 5.91 Å². The molecular weight excluding hydrogens is 209 g/mol. The Morgan fingerprint density at radius 3 is 2.50 bits per heavy atom. The molecule has 82 valence electrons. The number of hydrogen-bond acceptors (Lipinski definition) is 2. The maximum absolute atomic E-state index is 13.8. The second kappa shape index (κ2) is 3.77. The van der Waals surface area contributed by atoms with Crippen LogP contribution in [0, 0.1) is 12.9 Å². The minimum absolute atomic E-state index is 0.163. The molecule has 0 aliphatic carbocycles. The quantitative estimate of drug-likeness (QED) is 0.830. The molecule has 1 aromatic heterocycles. The fourth-order valence-electron chi connectivity index (χ4n) is 1.52. The molecule has 0 bridgehead atoms. The van der Waals surface area contributed by atoms with Crippen LogP contribution in [0.1, 0.15) is 16.1 Å². The molecule has 0 unspecified atom stereocenters. The van der Waals surface area contributed by atoms with Crippen LogP contribution in [0.25, 0.3) is 5.69 Å². The van der Waals surface area contributed by atoms with Gasteiger partial charge in [-0.15, -0.1) is 0 Å². The first kappa shape index (κ1) is 10.4. The first-order chi connectivity index (χ1) is 7.61. The summed E-state index contributed by atoms with van der Waals surface area (Å²) in [5, 5.41) is 3.94. The maximum atomic E-state index is 13.8. The molecule has 0 atom stereocenters. The predicted molar refractivity (Wildman–Crippen MR) is 56.8 cm³/mol. The third-order valence-corrected chi connectivity index (χ3v) is 2.25. The van der Waals surface area contributed by atoms with E-state index in [0.717, 1.165) is 4.68 Å². The van der Waals surface area contributed by atoms with Crippen LogP contribution in [0.4, 0.5) is 4.39 Å². The van der Waals surface area contributed by atoms with Crippen molar-refractivity contribution in [2.24, 2.45) is 5.73 Å². The maximum Gasteiger partial charge on any atom is 0.255 e. The number of carbonyl (C=O) groups excluding carboxylic acids is 1. The third-order valence-electron chi connectivity index (χ3n) is 2.25. The second-order valence-electron chi connectivity index (χ2n) is 3.36. The molecule has 1 heterocycles. The van der Waals surface area contributed by atoms with Gasteiger partial charge in [-0.2, -0.15) is 9.49 Å². The number of hydrogen-bond donors (Lipinski definition) is 1. The zero-order valence-electron chi connectivity index (χ0n) is 8.64. The highest BCUT2D eigenvalue weighted by atomic mass is 19.1. The molecular formula is C11H10FN3O. The summed E-state index contributed by atoms with van der Waals surface area (Å²) in [7, 11) is 0. The SMILES string of the molecule is Cc1nn(-c2ccccc2)c(F)c1C(N)=O. The molecule has 0 fully saturated rings. The number of carbonyl (C=O) groups is 1. The smallest absolute Gasteiger partial charge is 0.255 e. The molecule has 2 aromatic rings. The number of primary amides is 1. The van der Waals surface area contributed by atoms with E-state index in [4.69, 9.17) is 5.73 Å². The fraction of sp³-hybridized carbons (Fsp3) is 0.0909. The molecule has 0 aliphatic heterocycles. The Morgan fingerprint density at radius 1 is 1.38 bits per heavy atom. The van der Waals surface area contributed by atoms with Gasteiger partial charge in [0.05, 0.1) is 11.4 Å². The van der Waals surface area contributed by atoms with Crippen molar-refractivity contribution in [3.05, 3.63) is 47.5 Å². The van der Waals surface area contributed by atoms with E-state index in [1.807, 2.05) is 6.07 Å². The Kier molecular flexibility index (Phi) is 2.44. The summed E-state index contributed by atoms with van der Waals surface area (Å²) in [4.78, 5) is 11.0. The van der Waals surface area contributed by atoms with Crippen molar-refractivity contribution in [1.82, 2.24) is 9.78 Å². The van der Waals surface area contributed by atoms with Gasteiger partial charge in [0, 0.05) is 0 Å². The van der Waals surface area contributed by atoms with Gasteiger partial charge in [0.15, 0.2) is 0 Å². The van der Waals surface area contributed by atoms with Crippen LogP contribution in [0.3, 0.4) is 0 Å². The van der Waals surface area contributed by atoms with Gasteiger partial charge >= 0.3 is 0 Å². The van der Waals surface area contributed by atoms with E-state index in [0.29, 0.717) is 5.69 Å². The Hall–Kier alpha value is -2.17.